The van der Waals surface area contributed by atoms with Crippen LogP contribution in [0, 0.1) is 17.6 Å². The molecular weight excluding hydrogens is 400 g/mol. The molecule has 1 saturated carbocycles. The van der Waals surface area contributed by atoms with Gasteiger partial charge in [-0.2, -0.15) is 0 Å². The third kappa shape index (κ3) is 5.43. The van der Waals surface area contributed by atoms with Gasteiger partial charge in [-0.15, -0.1) is 0 Å². The van der Waals surface area contributed by atoms with Crippen LogP contribution in [0.5, 0.6) is 0 Å². The number of benzene rings is 1. The van der Waals surface area contributed by atoms with Crippen LogP contribution in [-0.2, 0) is 16.1 Å². The van der Waals surface area contributed by atoms with Crippen molar-refractivity contribution in [1.29, 1.82) is 0 Å². The molecule has 2 aliphatic heterocycles. The minimum absolute atomic E-state index is 0.0132. The third-order valence-electron chi connectivity index (χ3n) is 7.12. The second kappa shape index (κ2) is 10.1. The first-order chi connectivity index (χ1) is 15.0. The summed E-state index contributed by atoms with van der Waals surface area (Å²) in [4.78, 5) is 30.0. The number of nitrogens with zero attached hydrogens (tertiary/aromatic N) is 2. The number of carbonyl (C=O) groups is 2. The average molecular weight is 434 g/mol. The Morgan fingerprint density at radius 3 is 2.35 bits per heavy atom. The number of likely N-dealkylation sites (tertiary alicyclic amines) is 2. The molecule has 0 aromatic heterocycles. The van der Waals surface area contributed by atoms with Gasteiger partial charge >= 0.3 is 0 Å². The predicted molar refractivity (Wildman–Crippen MR) is 114 cm³/mol. The average Bonchev–Trinajstić information content (AvgIpc) is 3.28. The first-order valence-electron chi connectivity index (χ1n) is 11.8. The maximum Gasteiger partial charge on any atom is 0.243 e. The van der Waals surface area contributed by atoms with Crippen LogP contribution in [0.15, 0.2) is 18.2 Å². The lowest BCUT2D eigenvalue weighted by molar-refractivity contribution is -0.142. The van der Waals surface area contributed by atoms with Gasteiger partial charge in [0.25, 0.3) is 0 Å². The Kier molecular flexibility index (Phi) is 7.20. The molecule has 31 heavy (non-hydrogen) atoms. The Morgan fingerprint density at radius 2 is 1.65 bits per heavy atom. The van der Waals surface area contributed by atoms with Crippen molar-refractivity contribution in [2.24, 2.45) is 5.92 Å². The number of hydrogen-bond donors (Lipinski definition) is 1. The van der Waals surface area contributed by atoms with Gasteiger partial charge in [0, 0.05) is 38.1 Å². The quantitative estimate of drug-likeness (QED) is 0.772. The zero-order valence-electron chi connectivity index (χ0n) is 18.1. The molecule has 1 aliphatic carbocycles. The minimum atomic E-state index is -0.826. The maximum absolute atomic E-state index is 13.4. The van der Waals surface area contributed by atoms with Crippen molar-refractivity contribution < 1.29 is 18.4 Å². The Labute approximate surface area is 183 Å². The fourth-order valence-electron chi connectivity index (χ4n) is 5.32. The summed E-state index contributed by atoms with van der Waals surface area (Å²) >= 11 is 0. The van der Waals surface area contributed by atoms with Crippen LogP contribution < -0.4 is 5.32 Å². The lowest BCUT2D eigenvalue weighted by Crippen LogP contribution is -2.52. The molecule has 4 rings (SSSR count). The van der Waals surface area contributed by atoms with E-state index < -0.39 is 11.6 Å². The molecule has 1 unspecified atom stereocenters. The van der Waals surface area contributed by atoms with E-state index in [4.69, 9.17) is 0 Å². The Morgan fingerprint density at radius 1 is 0.903 bits per heavy atom. The highest BCUT2D eigenvalue weighted by Crippen LogP contribution is 2.29. The van der Waals surface area contributed by atoms with Gasteiger partial charge in [0.15, 0.2) is 11.6 Å². The van der Waals surface area contributed by atoms with E-state index >= 15 is 0 Å². The van der Waals surface area contributed by atoms with Crippen LogP contribution in [0.2, 0.25) is 0 Å². The number of amides is 2. The van der Waals surface area contributed by atoms with Gasteiger partial charge in [-0.3, -0.25) is 14.5 Å². The zero-order chi connectivity index (χ0) is 21.8. The Hall–Kier alpha value is -2.02. The molecule has 3 fully saturated rings. The maximum atomic E-state index is 13.4. The number of hydrogen-bond acceptors (Lipinski definition) is 3. The van der Waals surface area contributed by atoms with Crippen LogP contribution in [0.3, 0.4) is 0 Å². The molecule has 0 spiro atoms. The molecule has 5 nitrogen and oxygen atoms in total. The largest absolute Gasteiger partial charge is 0.351 e. The second-order valence-electron chi connectivity index (χ2n) is 9.33. The Balaban J connectivity index is 1.25. The van der Waals surface area contributed by atoms with Gasteiger partial charge < -0.3 is 10.2 Å². The van der Waals surface area contributed by atoms with Crippen LogP contribution in [0.4, 0.5) is 8.78 Å². The number of nitrogens with one attached hydrogen (secondary N) is 1. The van der Waals surface area contributed by atoms with E-state index in [-0.39, 0.29) is 29.8 Å². The smallest absolute Gasteiger partial charge is 0.243 e. The number of rotatable bonds is 5. The standard InChI is InChI=1S/C24H33F2N3O2/c25-20-9-8-17(15-21(20)26)16-28-13-10-19(11-14-28)27-23(30)22-7-4-12-29(22)24(31)18-5-2-1-3-6-18/h8-9,15,18-19,22H,1-7,10-14,16H2,(H,27,30). The summed E-state index contributed by atoms with van der Waals surface area (Å²) in [6, 6.07) is 3.81. The first-order valence-corrected chi connectivity index (χ1v) is 11.8. The van der Waals surface area contributed by atoms with Crippen molar-refractivity contribution in [3.63, 3.8) is 0 Å². The lowest BCUT2D eigenvalue weighted by Gasteiger charge is -2.34. The van der Waals surface area contributed by atoms with Gasteiger partial charge in [-0.1, -0.05) is 25.3 Å². The van der Waals surface area contributed by atoms with Crippen molar-refractivity contribution in [2.75, 3.05) is 19.6 Å². The number of piperidine rings is 1. The van der Waals surface area contributed by atoms with E-state index in [0.717, 1.165) is 70.0 Å². The molecule has 1 aromatic carbocycles. The topological polar surface area (TPSA) is 52.7 Å². The molecule has 7 heteroatoms. The highest BCUT2D eigenvalue weighted by Gasteiger charge is 2.38. The Bertz CT molecular complexity index is 789. The van der Waals surface area contributed by atoms with Crippen molar-refractivity contribution >= 4 is 11.8 Å². The first kappa shape index (κ1) is 22.2. The summed E-state index contributed by atoms with van der Waals surface area (Å²) in [6.45, 7) is 2.85. The lowest BCUT2D eigenvalue weighted by atomic mass is 9.88. The summed E-state index contributed by atoms with van der Waals surface area (Å²) in [6.07, 6.45) is 8.64. The molecule has 0 radical (unpaired) electrons. The van der Waals surface area contributed by atoms with Crippen molar-refractivity contribution in [3.05, 3.63) is 35.4 Å². The van der Waals surface area contributed by atoms with E-state index in [0.29, 0.717) is 13.1 Å². The fraction of sp³-hybridized carbons (Fsp3) is 0.667. The van der Waals surface area contributed by atoms with E-state index in [1.54, 1.807) is 6.07 Å². The fourth-order valence-corrected chi connectivity index (χ4v) is 5.32. The summed E-state index contributed by atoms with van der Waals surface area (Å²) in [7, 11) is 0. The van der Waals surface area contributed by atoms with Crippen LogP contribution >= 0.6 is 0 Å². The van der Waals surface area contributed by atoms with Gasteiger partial charge in [0.1, 0.15) is 6.04 Å². The van der Waals surface area contributed by atoms with Crippen LogP contribution in [0.25, 0.3) is 0 Å². The zero-order valence-corrected chi connectivity index (χ0v) is 18.1. The molecule has 1 N–H and O–H groups in total. The van der Waals surface area contributed by atoms with Crippen molar-refractivity contribution in [1.82, 2.24) is 15.1 Å². The molecule has 2 heterocycles. The molecule has 2 saturated heterocycles. The molecule has 1 aromatic rings. The SMILES string of the molecule is O=C(NC1CCN(Cc2ccc(F)c(F)c2)CC1)C1CCCN1C(=O)C1CCCCC1. The van der Waals surface area contributed by atoms with Crippen molar-refractivity contribution in [3.8, 4) is 0 Å². The summed E-state index contributed by atoms with van der Waals surface area (Å²) in [5.41, 5.74) is 0.754. The van der Waals surface area contributed by atoms with E-state index in [9.17, 15) is 18.4 Å². The van der Waals surface area contributed by atoms with E-state index in [1.165, 1.54) is 18.6 Å². The van der Waals surface area contributed by atoms with Crippen molar-refractivity contribution in [2.45, 2.75) is 76.4 Å². The summed E-state index contributed by atoms with van der Waals surface area (Å²) in [5, 5.41) is 3.18. The molecular formula is C24H33F2N3O2. The second-order valence-corrected chi connectivity index (χ2v) is 9.33. The summed E-state index contributed by atoms with van der Waals surface area (Å²) < 4.78 is 26.5. The molecule has 1 atom stereocenters. The van der Waals surface area contributed by atoms with E-state index in [2.05, 4.69) is 10.2 Å². The highest BCUT2D eigenvalue weighted by atomic mass is 19.2. The number of halogens is 2. The monoisotopic (exact) mass is 433 g/mol. The van der Waals surface area contributed by atoms with Gasteiger partial charge in [0.2, 0.25) is 11.8 Å². The highest BCUT2D eigenvalue weighted by molar-refractivity contribution is 5.89. The van der Waals surface area contributed by atoms with Crippen LogP contribution in [-0.4, -0.2) is 53.3 Å². The van der Waals surface area contributed by atoms with E-state index in [1.807, 2.05) is 4.90 Å². The predicted octanol–water partition coefficient (Wildman–Crippen LogP) is 3.62. The molecule has 3 aliphatic rings. The molecule has 2 amide bonds. The summed E-state index contributed by atoms with van der Waals surface area (Å²) in [5.74, 6) is -1.38. The third-order valence-corrected chi connectivity index (χ3v) is 7.12. The minimum Gasteiger partial charge on any atom is -0.351 e. The normalized spacial score (nSPS) is 23.8. The van der Waals surface area contributed by atoms with Gasteiger partial charge in [-0.25, -0.2) is 8.78 Å². The molecule has 170 valence electrons. The number of carbonyl (C=O) groups excluding carboxylic acids is 2. The van der Waals surface area contributed by atoms with Gasteiger partial charge in [0.05, 0.1) is 0 Å². The van der Waals surface area contributed by atoms with Gasteiger partial charge in [-0.05, 0) is 56.2 Å². The van der Waals surface area contributed by atoms with Crippen LogP contribution in [0.1, 0.15) is 63.4 Å². The molecule has 0 bridgehead atoms.